The van der Waals surface area contributed by atoms with E-state index in [0.29, 0.717) is 19.5 Å². The molecule has 0 unspecified atom stereocenters. The minimum atomic E-state index is -3.83. The minimum absolute atomic E-state index is 0.0270. The molecule has 3 rings (SSSR count). The zero-order valence-electron chi connectivity index (χ0n) is 23.7. The number of aryl methyl sites for hydroxylation is 1. The summed E-state index contributed by atoms with van der Waals surface area (Å²) in [7, 11) is -3.83. The summed E-state index contributed by atoms with van der Waals surface area (Å²) in [6.07, 6.45) is 2.58. The highest BCUT2D eigenvalue weighted by molar-refractivity contribution is 7.86. The molecule has 2 fully saturated rings. The van der Waals surface area contributed by atoms with Crippen molar-refractivity contribution in [1.29, 1.82) is 0 Å². The molecule has 11 heteroatoms. The van der Waals surface area contributed by atoms with Crippen LogP contribution in [0.15, 0.2) is 29.2 Å². The third-order valence-electron chi connectivity index (χ3n) is 5.95. The molecule has 0 aromatic heterocycles. The number of likely N-dealkylation sites (tertiary alicyclic amines) is 2. The van der Waals surface area contributed by atoms with Gasteiger partial charge in [0.2, 0.25) is 0 Å². The molecule has 1 N–H and O–H groups in total. The lowest BCUT2D eigenvalue weighted by Crippen LogP contribution is -2.42. The second kappa shape index (κ2) is 13.1. The molecular formula is C27H44N2O8S. The fourth-order valence-electron chi connectivity index (χ4n) is 4.10. The Kier molecular flexibility index (Phi) is 11.0. The predicted octanol–water partition coefficient (Wildman–Crippen LogP) is 4.48. The standard InChI is InChI=1S/C17H25NO5S.C10H19NO3/c1-13-7-9-15(10-8-13)24(20,21)22-12-14-6-5-11-18(14)16(19)23-17(2,3)4;1-10(2,3)14-9(13)11-6-4-5-8(11)7-12/h7-10,14H,5-6,11-12H2,1-4H3;8,12H,4-7H2,1-3H3/t14-;8-/m11/s1. The smallest absolute Gasteiger partial charge is 0.410 e. The van der Waals surface area contributed by atoms with Crippen LogP contribution in [0.25, 0.3) is 0 Å². The molecule has 38 heavy (non-hydrogen) atoms. The van der Waals surface area contributed by atoms with Gasteiger partial charge in [-0.1, -0.05) is 17.7 Å². The quantitative estimate of drug-likeness (QED) is 0.527. The molecule has 216 valence electrons. The van der Waals surface area contributed by atoms with E-state index >= 15 is 0 Å². The second-order valence-corrected chi connectivity index (χ2v) is 13.3. The highest BCUT2D eigenvalue weighted by atomic mass is 32.2. The number of carbonyl (C=O) groups is 2. The number of carbonyl (C=O) groups excluding carboxylic acids is 2. The first-order valence-corrected chi connectivity index (χ1v) is 14.5. The van der Waals surface area contributed by atoms with E-state index < -0.39 is 27.4 Å². The van der Waals surface area contributed by atoms with Crippen molar-refractivity contribution in [1.82, 2.24) is 9.80 Å². The van der Waals surface area contributed by atoms with Crippen molar-refractivity contribution in [2.75, 3.05) is 26.3 Å². The highest BCUT2D eigenvalue weighted by Crippen LogP contribution is 2.23. The van der Waals surface area contributed by atoms with Crippen molar-refractivity contribution >= 4 is 22.3 Å². The molecule has 0 spiro atoms. The first-order chi connectivity index (χ1) is 17.5. The minimum Gasteiger partial charge on any atom is -0.444 e. The Balaban J connectivity index is 0.000000308. The Morgan fingerprint density at radius 1 is 0.868 bits per heavy atom. The summed E-state index contributed by atoms with van der Waals surface area (Å²) in [6.45, 7) is 14.0. The maximum atomic E-state index is 12.2. The normalized spacial score (nSPS) is 20.1. The van der Waals surface area contributed by atoms with Gasteiger partial charge in [-0.2, -0.15) is 8.42 Å². The van der Waals surface area contributed by atoms with Crippen LogP contribution in [0.3, 0.4) is 0 Å². The molecule has 1 aromatic carbocycles. The monoisotopic (exact) mass is 556 g/mol. The first-order valence-electron chi connectivity index (χ1n) is 13.1. The molecule has 0 radical (unpaired) electrons. The zero-order chi connectivity index (χ0) is 28.7. The number of ether oxygens (including phenoxy) is 2. The van der Waals surface area contributed by atoms with E-state index in [1.807, 2.05) is 27.7 Å². The van der Waals surface area contributed by atoms with Gasteiger partial charge in [0.25, 0.3) is 10.1 Å². The Hall–Kier alpha value is -2.37. The van der Waals surface area contributed by atoms with E-state index in [1.54, 1.807) is 42.7 Å². The molecular weight excluding hydrogens is 512 g/mol. The van der Waals surface area contributed by atoms with Crippen LogP contribution < -0.4 is 0 Å². The summed E-state index contributed by atoms with van der Waals surface area (Å²) in [5.74, 6) is 0. The van der Waals surface area contributed by atoms with E-state index in [0.717, 1.165) is 24.8 Å². The van der Waals surface area contributed by atoms with Crippen LogP contribution in [-0.2, 0) is 23.8 Å². The number of amides is 2. The molecule has 2 atom stereocenters. The molecule has 2 heterocycles. The summed E-state index contributed by atoms with van der Waals surface area (Å²) in [5, 5.41) is 9.03. The lowest BCUT2D eigenvalue weighted by Gasteiger charge is -2.28. The van der Waals surface area contributed by atoms with Crippen LogP contribution in [0.2, 0.25) is 0 Å². The lowest BCUT2D eigenvalue weighted by atomic mass is 10.2. The van der Waals surface area contributed by atoms with Gasteiger partial charge in [0.15, 0.2) is 0 Å². The van der Waals surface area contributed by atoms with Gasteiger partial charge in [0, 0.05) is 13.1 Å². The third kappa shape index (κ3) is 10.1. The van der Waals surface area contributed by atoms with Crippen molar-refractivity contribution in [2.24, 2.45) is 0 Å². The molecule has 0 aliphatic carbocycles. The summed E-state index contributed by atoms with van der Waals surface area (Å²) < 4.78 is 40.3. The lowest BCUT2D eigenvalue weighted by molar-refractivity contribution is 0.0171. The van der Waals surface area contributed by atoms with Crippen molar-refractivity contribution in [3.63, 3.8) is 0 Å². The van der Waals surface area contributed by atoms with E-state index in [2.05, 4.69) is 0 Å². The van der Waals surface area contributed by atoms with Crippen LogP contribution >= 0.6 is 0 Å². The van der Waals surface area contributed by atoms with Gasteiger partial charge < -0.3 is 24.4 Å². The van der Waals surface area contributed by atoms with Crippen molar-refractivity contribution in [3.8, 4) is 0 Å². The zero-order valence-corrected chi connectivity index (χ0v) is 24.5. The maximum Gasteiger partial charge on any atom is 0.410 e. The van der Waals surface area contributed by atoms with Crippen LogP contribution in [0.5, 0.6) is 0 Å². The van der Waals surface area contributed by atoms with Crippen molar-refractivity contribution < 1.29 is 36.8 Å². The van der Waals surface area contributed by atoms with Gasteiger partial charge in [0.05, 0.1) is 30.2 Å². The number of aliphatic hydroxyl groups excluding tert-OH is 1. The molecule has 2 aliphatic heterocycles. The number of rotatable bonds is 5. The Labute approximate surface area is 227 Å². The van der Waals surface area contributed by atoms with Crippen LogP contribution in [-0.4, -0.2) is 85.1 Å². The van der Waals surface area contributed by atoms with Crippen molar-refractivity contribution in [2.45, 2.75) is 102 Å². The topological polar surface area (TPSA) is 123 Å². The number of hydrogen-bond donors (Lipinski definition) is 1. The van der Waals surface area contributed by atoms with E-state index in [-0.39, 0.29) is 36.3 Å². The van der Waals surface area contributed by atoms with Crippen LogP contribution in [0, 0.1) is 6.92 Å². The average molecular weight is 557 g/mol. The molecule has 0 bridgehead atoms. The highest BCUT2D eigenvalue weighted by Gasteiger charge is 2.34. The summed E-state index contributed by atoms with van der Waals surface area (Å²) >= 11 is 0. The van der Waals surface area contributed by atoms with Gasteiger partial charge in [-0.15, -0.1) is 0 Å². The molecule has 0 saturated carbocycles. The van der Waals surface area contributed by atoms with E-state index in [9.17, 15) is 18.0 Å². The van der Waals surface area contributed by atoms with Gasteiger partial charge in [-0.3, -0.25) is 4.18 Å². The maximum absolute atomic E-state index is 12.2. The van der Waals surface area contributed by atoms with Gasteiger partial charge in [0.1, 0.15) is 11.2 Å². The third-order valence-corrected chi connectivity index (χ3v) is 7.24. The molecule has 1 aromatic rings. The largest absolute Gasteiger partial charge is 0.444 e. The Morgan fingerprint density at radius 2 is 1.32 bits per heavy atom. The Bertz CT molecular complexity index is 1030. The van der Waals surface area contributed by atoms with Gasteiger partial charge >= 0.3 is 12.2 Å². The van der Waals surface area contributed by atoms with Crippen LogP contribution in [0.4, 0.5) is 9.59 Å². The van der Waals surface area contributed by atoms with Gasteiger partial charge in [-0.05, 0) is 86.3 Å². The average Bonchev–Trinajstić information content (AvgIpc) is 3.46. The van der Waals surface area contributed by atoms with E-state index in [4.69, 9.17) is 18.8 Å². The number of hydrogen-bond acceptors (Lipinski definition) is 8. The summed E-state index contributed by atoms with van der Waals surface area (Å²) in [6, 6.07) is 6.14. The number of benzene rings is 1. The molecule has 10 nitrogen and oxygen atoms in total. The van der Waals surface area contributed by atoms with Crippen molar-refractivity contribution in [3.05, 3.63) is 29.8 Å². The molecule has 2 amide bonds. The Morgan fingerprint density at radius 3 is 1.76 bits per heavy atom. The number of aliphatic hydroxyl groups is 1. The molecule has 2 saturated heterocycles. The SMILES string of the molecule is CC(C)(C)OC(=O)N1CCC[C@@H]1CO.Cc1ccc(S(=O)(=O)OC[C@H]2CCCN2C(=O)OC(C)(C)C)cc1. The molecule has 2 aliphatic rings. The van der Waals surface area contributed by atoms with Gasteiger partial charge in [-0.25, -0.2) is 9.59 Å². The van der Waals surface area contributed by atoms with E-state index in [1.165, 1.54) is 12.1 Å². The fourth-order valence-corrected chi connectivity index (χ4v) is 5.04. The summed E-state index contributed by atoms with van der Waals surface area (Å²) in [5.41, 5.74) is -0.0699. The predicted molar refractivity (Wildman–Crippen MR) is 143 cm³/mol. The summed E-state index contributed by atoms with van der Waals surface area (Å²) in [4.78, 5) is 27.1. The second-order valence-electron chi connectivity index (χ2n) is 11.7. The fraction of sp³-hybridized carbons (Fsp3) is 0.704. The number of nitrogens with zero attached hydrogens (tertiary/aromatic N) is 2. The van der Waals surface area contributed by atoms with Crippen LogP contribution in [0.1, 0.15) is 72.8 Å². The first kappa shape index (κ1) is 31.8.